The predicted octanol–water partition coefficient (Wildman–Crippen LogP) is 2.54. The number of carbonyl (C=O) groups is 2. The first-order chi connectivity index (χ1) is 12.5. The molecule has 132 valence electrons. The van der Waals surface area contributed by atoms with Gasteiger partial charge >= 0.3 is 0 Å². The van der Waals surface area contributed by atoms with Gasteiger partial charge < -0.3 is 9.47 Å². The molecule has 0 radical (unpaired) electrons. The summed E-state index contributed by atoms with van der Waals surface area (Å²) >= 11 is 5.17. The lowest BCUT2D eigenvalue weighted by molar-refractivity contribution is -0.122. The fourth-order valence-electron chi connectivity index (χ4n) is 2.49. The van der Waals surface area contributed by atoms with Crippen molar-refractivity contribution in [3.63, 3.8) is 0 Å². The van der Waals surface area contributed by atoms with Crippen LogP contribution in [0.5, 0.6) is 11.5 Å². The van der Waals surface area contributed by atoms with Crippen molar-refractivity contribution in [3.8, 4) is 11.5 Å². The molecule has 2 aromatic carbocycles. The summed E-state index contributed by atoms with van der Waals surface area (Å²) in [5.41, 5.74) is 1.24. The maximum atomic E-state index is 12.9. The molecule has 0 aliphatic carbocycles. The van der Waals surface area contributed by atoms with Crippen molar-refractivity contribution < 1.29 is 19.1 Å². The highest BCUT2D eigenvalue weighted by Gasteiger charge is 2.34. The lowest BCUT2D eigenvalue weighted by Crippen LogP contribution is -2.54. The van der Waals surface area contributed by atoms with Crippen LogP contribution in [0.3, 0.4) is 0 Å². The summed E-state index contributed by atoms with van der Waals surface area (Å²) in [6, 6.07) is 13.9. The van der Waals surface area contributed by atoms with Crippen molar-refractivity contribution in [2.75, 3.05) is 19.1 Å². The van der Waals surface area contributed by atoms with E-state index in [1.807, 2.05) is 0 Å². The second-order valence-corrected chi connectivity index (χ2v) is 5.82. The minimum atomic E-state index is -0.527. The number of hydrogen-bond donors (Lipinski definition) is 1. The van der Waals surface area contributed by atoms with Crippen LogP contribution < -0.4 is 19.7 Å². The Balaban J connectivity index is 1.95. The first kappa shape index (κ1) is 17.6. The number of amides is 2. The Morgan fingerprint density at radius 1 is 0.923 bits per heavy atom. The summed E-state index contributed by atoms with van der Waals surface area (Å²) < 4.78 is 10.2. The number of nitrogens with zero attached hydrogens (tertiary/aromatic N) is 1. The van der Waals surface area contributed by atoms with Gasteiger partial charge in [-0.1, -0.05) is 12.1 Å². The van der Waals surface area contributed by atoms with Crippen molar-refractivity contribution in [3.05, 3.63) is 59.7 Å². The summed E-state index contributed by atoms with van der Waals surface area (Å²) in [6.07, 6.45) is 1.52. The number of anilines is 1. The zero-order valence-electron chi connectivity index (χ0n) is 14.2. The summed E-state index contributed by atoms with van der Waals surface area (Å²) in [5, 5.41) is 2.59. The van der Waals surface area contributed by atoms with Crippen molar-refractivity contribution in [2.24, 2.45) is 0 Å². The van der Waals surface area contributed by atoms with Crippen LogP contribution in [0.4, 0.5) is 5.69 Å². The van der Waals surface area contributed by atoms with Gasteiger partial charge in [0.15, 0.2) is 5.11 Å². The Hall–Kier alpha value is -3.19. The van der Waals surface area contributed by atoms with Gasteiger partial charge in [0.2, 0.25) is 0 Å². The number of benzene rings is 2. The van der Waals surface area contributed by atoms with Crippen molar-refractivity contribution in [2.45, 2.75) is 0 Å². The standard InChI is InChI=1S/C19H16N2O4S/c1-24-14-7-3-12(4-8-14)11-16-17(22)20-19(26)21(18(16)23)13-5-9-15(25-2)10-6-13/h3-11H,1-2H3,(H,20,22,26). The summed E-state index contributed by atoms with van der Waals surface area (Å²) in [4.78, 5) is 26.4. The SMILES string of the molecule is COc1ccc(C=C2C(=O)NC(=S)N(c3ccc(OC)cc3)C2=O)cc1. The molecule has 3 rings (SSSR count). The van der Waals surface area contributed by atoms with E-state index in [9.17, 15) is 9.59 Å². The van der Waals surface area contributed by atoms with Crippen LogP contribution >= 0.6 is 12.2 Å². The number of methoxy groups -OCH3 is 2. The van der Waals surface area contributed by atoms with Gasteiger partial charge in [-0.15, -0.1) is 0 Å². The number of nitrogens with one attached hydrogen (secondary N) is 1. The van der Waals surface area contributed by atoms with Gasteiger partial charge in [-0.25, -0.2) is 0 Å². The number of hydrogen-bond acceptors (Lipinski definition) is 5. The molecule has 0 bridgehead atoms. The largest absolute Gasteiger partial charge is 0.497 e. The molecular weight excluding hydrogens is 352 g/mol. The Bertz CT molecular complexity index is 889. The lowest BCUT2D eigenvalue weighted by Gasteiger charge is -2.29. The van der Waals surface area contributed by atoms with E-state index >= 15 is 0 Å². The molecule has 2 amide bonds. The maximum Gasteiger partial charge on any atom is 0.270 e. The van der Waals surface area contributed by atoms with Gasteiger partial charge in [0.25, 0.3) is 11.8 Å². The molecule has 7 heteroatoms. The number of thiocarbonyl (C=S) groups is 1. The van der Waals surface area contributed by atoms with Crippen LogP contribution in [-0.2, 0) is 9.59 Å². The van der Waals surface area contributed by atoms with E-state index in [0.29, 0.717) is 22.7 Å². The number of rotatable bonds is 4. The zero-order chi connectivity index (χ0) is 18.7. The molecule has 26 heavy (non-hydrogen) atoms. The minimum absolute atomic E-state index is 0.000384. The molecule has 2 aromatic rings. The third-order valence-corrected chi connectivity index (χ3v) is 4.14. The Morgan fingerprint density at radius 3 is 2.00 bits per heavy atom. The molecule has 1 aliphatic rings. The summed E-state index contributed by atoms with van der Waals surface area (Å²) in [6.45, 7) is 0. The fraction of sp³-hybridized carbons (Fsp3) is 0.105. The highest BCUT2D eigenvalue weighted by Crippen LogP contribution is 2.24. The monoisotopic (exact) mass is 368 g/mol. The third-order valence-electron chi connectivity index (χ3n) is 3.86. The quantitative estimate of drug-likeness (QED) is 0.510. The van der Waals surface area contributed by atoms with Crippen LogP contribution in [-0.4, -0.2) is 31.1 Å². The third kappa shape index (κ3) is 3.43. The lowest BCUT2D eigenvalue weighted by atomic mass is 10.1. The molecule has 6 nitrogen and oxygen atoms in total. The predicted molar refractivity (Wildman–Crippen MR) is 102 cm³/mol. The Kier molecular flexibility index (Phi) is 4.99. The second kappa shape index (κ2) is 7.37. The minimum Gasteiger partial charge on any atom is -0.497 e. The van der Waals surface area contributed by atoms with Crippen LogP contribution in [0.2, 0.25) is 0 Å². The van der Waals surface area contributed by atoms with E-state index in [1.165, 1.54) is 11.0 Å². The highest BCUT2D eigenvalue weighted by atomic mass is 32.1. The van der Waals surface area contributed by atoms with Gasteiger partial charge in [-0.2, -0.15) is 0 Å². The average molecular weight is 368 g/mol. The molecule has 0 saturated carbocycles. The van der Waals surface area contributed by atoms with E-state index in [4.69, 9.17) is 21.7 Å². The normalized spacial score (nSPS) is 15.8. The molecule has 1 saturated heterocycles. The van der Waals surface area contributed by atoms with E-state index in [-0.39, 0.29) is 10.7 Å². The van der Waals surface area contributed by atoms with Crippen LogP contribution in [0, 0.1) is 0 Å². The number of ether oxygens (including phenoxy) is 2. The van der Waals surface area contributed by atoms with E-state index in [1.54, 1.807) is 62.8 Å². The van der Waals surface area contributed by atoms with Crippen molar-refractivity contribution >= 4 is 40.9 Å². The van der Waals surface area contributed by atoms with Gasteiger partial charge in [0.05, 0.1) is 19.9 Å². The topological polar surface area (TPSA) is 67.9 Å². The zero-order valence-corrected chi connectivity index (χ0v) is 15.0. The smallest absolute Gasteiger partial charge is 0.270 e. The molecule has 1 heterocycles. The molecule has 1 N–H and O–H groups in total. The average Bonchev–Trinajstić information content (AvgIpc) is 2.66. The molecule has 1 aliphatic heterocycles. The van der Waals surface area contributed by atoms with Crippen LogP contribution in [0.15, 0.2) is 54.1 Å². The molecule has 1 fully saturated rings. The van der Waals surface area contributed by atoms with E-state index in [2.05, 4.69) is 5.32 Å². The van der Waals surface area contributed by atoms with Crippen LogP contribution in [0.25, 0.3) is 6.08 Å². The molecule has 0 atom stereocenters. The van der Waals surface area contributed by atoms with Gasteiger partial charge in [0, 0.05) is 0 Å². The molecular formula is C19H16N2O4S. The van der Waals surface area contributed by atoms with E-state index < -0.39 is 11.8 Å². The molecule has 0 unspecified atom stereocenters. The Labute approximate surface area is 156 Å². The fourth-order valence-corrected chi connectivity index (χ4v) is 2.77. The molecule has 0 aromatic heterocycles. The number of carbonyl (C=O) groups excluding carboxylic acids is 2. The Morgan fingerprint density at radius 2 is 1.46 bits per heavy atom. The van der Waals surface area contributed by atoms with Gasteiger partial charge in [-0.05, 0) is 60.3 Å². The van der Waals surface area contributed by atoms with E-state index in [0.717, 1.165) is 0 Å². The summed E-state index contributed by atoms with van der Waals surface area (Å²) in [7, 11) is 3.13. The maximum absolute atomic E-state index is 12.9. The van der Waals surface area contributed by atoms with Crippen molar-refractivity contribution in [1.29, 1.82) is 0 Å². The first-order valence-electron chi connectivity index (χ1n) is 7.73. The highest BCUT2D eigenvalue weighted by molar-refractivity contribution is 7.80. The second-order valence-electron chi connectivity index (χ2n) is 5.43. The van der Waals surface area contributed by atoms with Crippen LogP contribution in [0.1, 0.15) is 5.56 Å². The molecule has 0 spiro atoms. The van der Waals surface area contributed by atoms with Crippen molar-refractivity contribution in [1.82, 2.24) is 5.32 Å². The first-order valence-corrected chi connectivity index (χ1v) is 8.14. The van der Waals surface area contributed by atoms with Gasteiger partial charge in [0.1, 0.15) is 17.1 Å². The summed E-state index contributed by atoms with van der Waals surface area (Å²) in [5.74, 6) is 0.329. The van der Waals surface area contributed by atoms with Gasteiger partial charge in [-0.3, -0.25) is 19.8 Å².